The molecule has 0 bridgehead atoms. The first-order valence-electron chi connectivity index (χ1n) is 6.20. The van der Waals surface area contributed by atoms with Crippen molar-refractivity contribution in [1.29, 1.82) is 0 Å². The first-order chi connectivity index (χ1) is 7.36. The van der Waals surface area contributed by atoms with E-state index in [0.29, 0.717) is 5.92 Å². The van der Waals surface area contributed by atoms with Gasteiger partial charge in [0.1, 0.15) is 0 Å². The Morgan fingerprint density at radius 1 is 1.27 bits per heavy atom. The molecule has 3 rings (SSSR count). The van der Waals surface area contributed by atoms with Crippen LogP contribution in [0.25, 0.3) is 0 Å². The van der Waals surface area contributed by atoms with E-state index in [2.05, 4.69) is 24.4 Å². The van der Waals surface area contributed by atoms with Crippen molar-refractivity contribution in [3.63, 3.8) is 0 Å². The normalized spacial score (nSPS) is 29.8. The van der Waals surface area contributed by atoms with E-state index in [0.717, 1.165) is 0 Å². The fraction of sp³-hybridized carbons (Fsp3) is 0.571. The highest BCUT2D eigenvalue weighted by molar-refractivity contribution is 5.44. The second-order valence-corrected chi connectivity index (χ2v) is 4.95. The highest BCUT2D eigenvalue weighted by Gasteiger charge is 2.27. The first kappa shape index (κ1) is 9.26. The standard InChI is InChI=1S/C14H19N/c1-10-13-7-3-2-5-11(13)9-12-6-4-8-15-14(10)12/h3,7,10,15H,2,4-6,8-9H2,1H3. The third kappa shape index (κ3) is 1.45. The molecule has 2 aliphatic carbocycles. The molecule has 0 saturated heterocycles. The zero-order chi connectivity index (χ0) is 10.3. The van der Waals surface area contributed by atoms with E-state index in [1.807, 2.05) is 0 Å². The van der Waals surface area contributed by atoms with Gasteiger partial charge in [0.25, 0.3) is 0 Å². The number of hydrogen-bond donors (Lipinski definition) is 1. The van der Waals surface area contributed by atoms with Crippen LogP contribution in [0.5, 0.6) is 0 Å². The van der Waals surface area contributed by atoms with Crippen LogP contribution < -0.4 is 5.32 Å². The predicted molar refractivity (Wildman–Crippen MR) is 63.4 cm³/mol. The molecule has 1 heteroatoms. The van der Waals surface area contributed by atoms with E-state index in [1.54, 1.807) is 22.4 Å². The zero-order valence-electron chi connectivity index (χ0n) is 9.47. The van der Waals surface area contributed by atoms with Gasteiger partial charge in [-0.3, -0.25) is 0 Å². The second-order valence-electron chi connectivity index (χ2n) is 4.95. The molecule has 1 heterocycles. The first-order valence-corrected chi connectivity index (χ1v) is 6.20. The molecular weight excluding hydrogens is 182 g/mol. The largest absolute Gasteiger partial charge is 0.388 e. The van der Waals surface area contributed by atoms with Crippen LogP contribution in [-0.2, 0) is 0 Å². The van der Waals surface area contributed by atoms with E-state index in [-0.39, 0.29) is 0 Å². The lowest BCUT2D eigenvalue weighted by Crippen LogP contribution is -2.30. The topological polar surface area (TPSA) is 12.0 Å². The Hall–Kier alpha value is -0.980. The Morgan fingerprint density at radius 2 is 2.20 bits per heavy atom. The van der Waals surface area contributed by atoms with Gasteiger partial charge in [-0.25, -0.2) is 0 Å². The van der Waals surface area contributed by atoms with Gasteiger partial charge in [0, 0.05) is 18.2 Å². The lowest BCUT2D eigenvalue weighted by molar-refractivity contribution is 0.558. The molecule has 15 heavy (non-hydrogen) atoms. The van der Waals surface area contributed by atoms with Gasteiger partial charge in [-0.2, -0.15) is 0 Å². The zero-order valence-corrected chi connectivity index (χ0v) is 9.47. The maximum absolute atomic E-state index is 3.62. The van der Waals surface area contributed by atoms with Crippen molar-refractivity contribution < 1.29 is 0 Å². The van der Waals surface area contributed by atoms with E-state index < -0.39 is 0 Å². The molecule has 0 spiro atoms. The van der Waals surface area contributed by atoms with Gasteiger partial charge in [0.15, 0.2) is 0 Å². The molecule has 1 nitrogen and oxygen atoms in total. The molecule has 0 saturated carbocycles. The molecule has 80 valence electrons. The highest BCUT2D eigenvalue weighted by atomic mass is 14.9. The van der Waals surface area contributed by atoms with Gasteiger partial charge >= 0.3 is 0 Å². The summed E-state index contributed by atoms with van der Waals surface area (Å²) < 4.78 is 0. The number of rotatable bonds is 0. The van der Waals surface area contributed by atoms with Gasteiger partial charge in [-0.15, -0.1) is 0 Å². The minimum absolute atomic E-state index is 0.626. The van der Waals surface area contributed by atoms with Gasteiger partial charge in [-0.1, -0.05) is 24.6 Å². The van der Waals surface area contributed by atoms with E-state index in [4.69, 9.17) is 0 Å². The Labute approximate surface area is 91.9 Å². The number of nitrogens with one attached hydrogen (secondary N) is 1. The minimum atomic E-state index is 0.626. The van der Waals surface area contributed by atoms with Crippen LogP contribution in [0.1, 0.15) is 39.0 Å². The molecule has 0 aromatic carbocycles. The van der Waals surface area contributed by atoms with Crippen molar-refractivity contribution in [2.75, 3.05) is 6.54 Å². The molecule has 1 aliphatic heterocycles. The van der Waals surface area contributed by atoms with Crippen LogP contribution in [0.2, 0.25) is 0 Å². The van der Waals surface area contributed by atoms with Gasteiger partial charge < -0.3 is 5.32 Å². The van der Waals surface area contributed by atoms with Crippen molar-refractivity contribution in [2.45, 2.75) is 39.0 Å². The Kier molecular flexibility index (Phi) is 2.19. The summed E-state index contributed by atoms with van der Waals surface area (Å²) in [5.41, 5.74) is 6.57. The summed E-state index contributed by atoms with van der Waals surface area (Å²) in [6.07, 6.45) is 11.2. The summed E-state index contributed by atoms with van der Waals surface area (Å²) in [6.45, 7) is 3.54. The fourth-order valence-corrected chi connectivity index (χ4v) is 3.21. The lowest BCUT2D eigenvalue weighted by Gasteiger charge is -2.35. The van der Waals surface area contributed by atoms with Crippen LogP contribution in [0, 0.1) is 5.92 Å². The average Bonchev–Trinajstić information content (AvgIpc) is 2.30. The summed E-state index contributed by atoms with van der Waals surface area (Å²) in [5.74, 6) is 0.626. The third-order valence-corrected chi connectivity index (χ3v) is 4.00. The Balaban J connectivity index is 1.97. The van der Waals surface area contributed by atoms with E-state index in [9.17, 15) is 0 Å². The average molecular weight is 201 g/mol. The van der Waals surface area contributed by atoms with Crippen LogP contribution in [0.4, 0.5) is 0 Å². The minimum Gasteiger partial charge on any atom is -0.388 e. The molecule has 1 atom stereocenters. The molecule has 1 unspecified atom stereocenters. The maximum Gasteiger partial charge on any atom is 0.0208 e. The van der Waals surface area contributed by atoms with Crippen molar-refractivity contribution in [1.82, 2.24) is 5.32 Å². The smallest absolute Gasteiger partial charge is 0.0208 e. The number of allylic oxidation sites excluding steroid dienone is 5. The maximum atomic E-state index is 3.62. The van der Waals surface area contributed by atoms with E-state index >= 15 is 0 Å². The lowest BCUT2D eigenvalue weighted by atomic mass is 9.76. The summed E-state index contributed by atoms with van der Waals surface area (Å²) >= 11 is 0. The summed E-state index contributed by atoms with van der Waals surface area (Å²) in [4.78, 5) is 0. The van der Waals surface area contributed by atoms with Crippen LogP contribution >= 0.6 is 0 Å². The van der Waals surface area contributed by atoms with Gasteiger partial charge in [0.05, 0.1) is 0 Å². The fourth-order valence-electron chi connectivity index (χ4n) is 3.21. The molecular formula is C14H19N. The molecule has 0 aromatic rings. The SMILES string of the molecule is CC1C2=C(CCC=C2)CC2=C1NCCC2. The Morgan fingerprint density at radius 3 is 3.13 bits per heavy atom. The molecule has 0 amide bonds. The highest BCUT2D eigenvalue weighted by Crippen LogP contribution is 2.40. The molecule has 0 aromatic heterocycles. The monoisotopic (exact) mass is 201 g/mol. The summed E-state index contributed by atoms with van der Waals surface area (Å²) in [5, 5.41) is 3.62. The van der Waals surface area contributed by atoms with Gasteiger partial charge in [-0.05, 0) is 43.3 Å². The van der Waals surface area contributed by atoms with Crippen molar-refractivity contribution in [2.24, 2.45) is 5.92 Å². The van der Waals surface area contributed by atoms with Gasteiger partial charge in [0.2, 0.25) is 0 Å². The number of hydrogen-bond acceptors (Lipinski definition) is 1. The molecule has 0 radical (unpaired) electrons. The predicted octanol–water partition coefficient (Wildman–Crippen LogP) is 3.31. The molecule has 1 N–H and O–H groups in total. The van der Waals surface area contributed by atoms with Crippen LogP contribution in [0.3, 0.4) is 0 Å². The quantitative estimate of drug-likeness (QED) is 0.634. The Bertz CT molecular complexity index is 371. The van der Waals surface area contributed by atoms with Crippen LogP contribution in [0.15, 0.2) is 34.6 Å². The summed E-state index contributed by atoms with van der Waals surface area (Å²) in [7, 11) is 0. The second kappa shape index (κ2) is 3.55. The van der Waals surface area contributed by atoms with Crippen molar-refractivity contribution in [3.8, 4) is 0 Å². The molecule has 3 aliphatic rings. The third-order valence-electron chi connectivity index (χ3n) is 4.00. The van der Waals surface area contributed by atoms with Crippen molar-refractivity contribution in [3.05, 3.63) is 34.6 Å². The molecule has 0 fully saturated rings. The summed E-state index contributed by atoms with van der Waals surface area (Å²) in [6, 6.07) is 0. The van der Waals surface area contributed by atoms with Crippen LogP contribution in [-0.4, -0.2) is 6.54 Å². The van der Waals surface area contributed by atoms with Crippen molar-refractivity contribution >= 4 is 0 Å². The van der Waals surface area contributed by atoms with E-state index in [1.165, 1.54) is 38.6 Å².